The summed E-state index contributed by atoms with van der Waals surface area (Å²) in [5, 5.41) is 11.3. The second-order valence-electron chi connectivity index (χ2n) is 4.93. The Morgan fingerprint density at radius 3 is 2.38 bits per heavy atom. The van der Waals surface area contributed by atoms with Crippen LogP contribution in [0.2, 0.25) is 0 Å². The molecule has 21 heavy (non-hydrogen) atoms. The lowest BCUT2D eigenvalue weighted by atomic mass is 10.0. The summed E-state index contributed by atoms with van der Waals surface area (Å²) >= 11 is 0. The summed E-state index contributed by atoms with van der Waals surface area (Å²) in [6.07, 6.45) is 2.64. The lowest BCUT2D eigenvalue weighted by Crippen LogP contribution is -2.37. The molecule has 0 aliphatic carbocycles. The van der Waals surface area contributed by atoms with Crippen molar-refractivity contribution in [3.05, 3.63) is 16.8 Å². The summed E-state index contributed by atoms with van der Waals surface area (Å²) in [4.78, 5) is 13.7. The van der Waals surface area contributed by atoms with E-state index in [4.69, 9.17) is 5.73 Å². The zero-order valence-corrected chi connectivity index (χ0v) is 13.6. The van der Waals surface area contributed by atoms with E-state index in [0.717, 1.165) is 42.9 Å². The normalized spacial score (nSPS) is 10.5. The van der Waals surface area contributed by atoms with Gasteiger partial charge in [0.05, 0.1) is 12.2 Å². The molecule has 1 aromatic rings. The molecule has 1 heterocycles. The van der Waals surface area contributed by atoms with Crippen LogP contribution in [0.5, 0.6) is 0 Å². The molecule has 0 radical (unpaired) electrons. The highest BCUT2D eigenvalue weighted by Crippen LogP contribution is 2.23. The van der Waals surface area contributed by atoms with Crippen molar-refractivity contribution >= 4 is 11.7 Å². The number of nitrogens with two attached hydrogens (primary N) is 1. The van der Waals surface area contributed by atoms with Gasteiger partial charge in [0.2, 0.25) is 5.91 Å². The molecule has 6 heteroatoms. The van der Waals surface area contributed by atoms with Gasteiger partial charge in [0, 0.05) is 25.7 Å². The van der Waals surface area contributed by atoms with E-state index in [1.54, 1.807) is 7.05 Å². The van der Waals surface area contributed by atoms with Crippen LogP contribution >= 0.6 is 0 Å². The Balaban J connectivity index is 3.26. The van der Waals surface area contributed by atoms with Crippen LogP contribution in [0.3, 0.4) is 0 Å². The maximum atomic E-state index is 11.7. The van der Waals surface area contributed by atoms with Gasteiger partial charge in [0.15, 0.2) is 5.82 Å². The number of hydrogen-bond acceptors (Lipinski definition) is 5. The number of rotatable bonds is 8. The molecule has 0 unspecified atom stereocenters. The van der Waals surface area contributed by atoms with Crippen LogP contribution in [0.25, 0.3) is 0 Å². The zero-order valence-electron chi connectivity index (χ0n) is 13.6. The highest BCUT2D eigenvalue weighted by Gasteiger charge is 2.19. The Kier molecular flexibility index (Phi) is 7.08. The molecule has 3 N–H and O–H groups in total. The molecule has 0 atom stereocenters. The third-order valence-corrected chi connectivity index (χ3v) is 3.55. The monoisotopic (exact) mass is 293 g/mol. The van der Waals surface area contributed by atoms with Gasteiger partial charge in [-0.1, -0.05) is 20.8 Å². The molecule has 6 nitrogen and oxygen atoms in total. The number of nitrogens with one attached hydrogen (secondary N) is 1. The van der Waals surface area contributed by atoms with Gasteiger partial charge in [-0.25, -0.2) is 0 Å². The number of anilines is 1. The molecule has 1 aromatic heterocycles. The molecule has 1 amide bonds. The summed E-state index contributed by atoms with van der Waals surface area (Å²) in [5.41, 5.74) is 9.14. The maximum absolute atomic E-state index is 11.7. The summed E-state index contributed by atoms with van der Waals surface area (Å²) in [6.45, 7) is 7.69. The highest BCUT2D eigenvalue weighted by atomic mass is 16.1. The molecular weight excluding hydrogens is 266 g/mol. The highest BCUT2D eigenvalue weighted by molar-refractivity contribution is 5.81. The first-order valence-electron chi connectivity index (χ1n) is 7.65. The fourth-order valence-corrected chi connectivity index (χ4v) is 2.49. The third-order valence-electron chi connectivity index (χ3n) is 3.55. The smallest absolute Gasteiger partial charge is 0.239 e. The quantitative estimate of drug-likeness (QED) is 0.747. The first kappa shape index (κ1) is 17.4. The van der Waals surface area contributed by atoms with Gasteiger partial charge < -0.3 is 16.0 Å². The number of nitrogens with zero attached hydrogens (tertiary/aromatic N) is 3. The largest absolute Gasteiger partial charge is 0.358 e. The molecular formula is C15H27N5O. The number of aryl methyl sites for hydroxylation is 1. The molecule has 0 spiro atoms. The Bertz CT molecular complexity index is 475. The maximum Gasteiger partial charge on any atom is 0.239 e. The predicted molar refractivity (Wildman–Crippen MR) is 85.3 cm³/mol. The van der Waals surface area contributed by atoms with E-state index in [-0.39, 0.29) is 12.5 Å². The van der Waals surface area contributed by atoms with Gasteiger partial charge in [-0.15, -0.1) is 5.10 Å². The van der Waals surface area contributed by atoms with Gasteiger partial charge in [-0.3, -0.25) is 4.79 Å². The Morgan fingerprint density at radius 2 is 1.90 bits per heavy atom. The van der Waals surface area contributed by atoms with E-state index in [2.05, 4.69) is 36.3 Å². The van der Waals surface area contributed by atoms with Crippen LogP contribution in [0.4, 0.5) is 5.82 Å². The van der Waals surface area contributed by atoms with E-state index < -0.39 is 0 Å². The van der Waals surface area contributed by atoms with Gasteiger partial charge >= 0.3 is 0 Å². The standard InChI is InChI=1S/C15H27N5O/c1-5-8-20(10-14(21)17-4)15-12(9-16)11(6-2)13(7-3)18-19-15/h5-10,16H2,1-4H3,(H,17,21). The van der Waals surface area contributed by atoms with Gasteiger partial charge in [-0.05, 0) is 24.8 Å². The van der Waals surface area contributed by atoms with Gasteiger partial charge in [0.25, 0.3) is 0 Å². The Labute approximate surface area is 127 Å². The summed E-state index contributed by atoms with van der Waals surface area (Å²) in [5.74, 6) is 0.711. The van der Waals surface area contributed by atoms with Crippen molar-refractivity contribution in [3.63, 3.8) is 0 Å². The number of carbonyl (C=O) groups is 1. The van der Waals surface area contributed by atoms with Crippen LogP contribution in [0, 0.1) is 0 Å². The van der Waals surface area contributed by atoms with Crippen molar-refractivity contribution in [2.24, 2.45) is 5.73 Å². The number of carbonyl (C=O) groups excluding carboxylic acids is 1. The molecule has 0 saturated carbocycles. The minimum atomic E-state index is -0.0363. The van der Waals surface area contributed by atoms with E-state index in [9.17, 15) is 4.79 Å². The van der Waals surface area contributed by atoms with Gasteiger partial charge in [0.1, 0.15) is 0 Å². The lowest BCUT2D eigenvalue weighted by molar-refractivity contribution is -0.119. The van der Waals surface area contributed by atoms with Crippen molar-refractivity contribution in [2.45, 2.75) is 46.6 Å². The van der Waals surface area contributed by atoms with Crippen LogP contribution in [-0.4, -0.2) is 36.2 Å². The molecule has 1 rings (SSSR count). The van der Waals surface area contributed by atoms with Crippen molar-refractivity contribution < 1.29 is 4.79 Å². The second kappa shape index (κ2) is 8.56. The van der Waals surface area contributed by atoms with E-state index in [1.165, 1.54) is 5.56 Å². The molecule has 118 valence electrons. The molecule has 0 fully saturated rings. The summed E-state index contributed by atoms with van der Waals surface area (Å²) in [6, 6.07) is 0. The summed E-state index contributed by atoms with van der Waals surface area (Å²) in [7, 11) is 1.64. The van der Waals surface area contributed by atoms with E-state index in [0.29, 0.717) is 6.54 Å². The topological polar surface area (TPSA) is 84.1 Å². The first-order chi connectivity index (χ1) is 10.1. The summed E-state index contributed by atoms with van der Waals surface area (Å²) < 4.78 is 0. The fourth-order valence-electron chi connectivity index (χ4n) is 2.49. The van der Waals surface area contributed by atoms with Crippen molar-refractivity contribution in [1.29, 1.82) is 0 Å². The number of amides is 1. The first-order valence-corrected chi connectivity index (χ1v) is 7.65. The minimum absolute atomic E-state index is 0.0363. The molecule has 0 bridgehead atoms. The van der Waals surface area contributed by atoms with Crippen molar-refractivity contribution in [2.75, 3.05) is 25.0 Å². The van der Waals surface area contributed by atoms with Crippen molar-refractivity contribution in [1.82, 2.24) is 15.5 Å². The molecule has 0 aliphatic rings. The number of hydrogen-bond donors (Lipinski definition) is 2. The van der Waals surface area contributed by atoms with Crippen LogP contribution in [0.15, 0.2) is 0 Å². The Hall–Kier alpha value is -1.69. The molecule has 0 saturated heterocycles. The minimum Gasteiger partial charge on any atom is -0.358 e. The van der Waals surface area contributed by atoms with E-state index >= 15 is 0 Å². The third kappa shape index (κ3) is 4.14. The zero-order chi connectivity index (χ0) is 15.8. The van der Waals surface area contributed by atoms with Crippen LogP contribution in [-0.2, 0) is 24.2 Å². The molecule has 0 aliphatic heterocycles. The average molecular weight is 293 g/mol. The average Bonchev–Trinajstić information content (AvgIpc) is 2.52. The Morgan fingerprint density at radius 1 is 1.19 bits per heavy atom. The predicted octanol–water partition coefficient (Wildman–Crippen LogP) is 1.02. The van der Waals surface area contributed by atoms with Gasteiger partial charge in [-0.2, -0.15) is 5.10 Å². The SMILES string of the molecule is CCCN(CC(=O)NC)c1nnc(CC)c(CC)c1CN. The lowest BCUT2D eigenvalue weighted by Gasteiger charge is -2.25. The second-order valence-corrected chi connectivity index (χ2v) is 4.93. The van der Waals surface area contributed by atoms with E-state index in [1.807, 2.05) is 4.90 Å². The molecule has 0 aromatic carbocycles. The van der Waals surface area contributed by atoms with Crippen LogP contribution < -0.4 is 16.0 Å². The fraction of sp³-hybridized carbons (Fsp3) is 0.667. The number of likely N-dealkylation sites (N-methyl/N-ethyl adjacent to an activating group) is 1. The number of aromatic nitrogens is 2. The van der Waals surface area contributed by atoms with Crippen LogP contribution in [0.1, 0.15) is 44.0 Å². The van der Waals surface area contributed by atoms with Crippen molar-refractivity contribution in [3.8, 4) is 0 Å².